The van der Waals surface area contributed by atoms with Gasteiger partial charge in [0.1, 0.15) is 0 Å². The van der Waals surface area contributed by atoms with Gasteiger partial charge in [0.25, 0.3) is 5.56 Å². The molecule has 3 rings (SSSR count). The molecular weight excluding hydrogens is 280 g/mol. The minimum atomic E-state index is -1.08. The second kappa shape index (κ2) is 5.18. The Labute approximate surface area is 127 Å². The quantitative estimate of drug-likeness (QED) is 0.807. The van der Waals surface area contributed by atoms with Crippen molar-refractivity contribution >= 4 is 16.9 Å². The molecule has 5 heteroatoms. The lowest BCUT2D eigenvalue weighted by Crippen LogP contribution is -2.18. The Morgan fingerprint density at radius 1 is 1.18 bits per heavy atom. The lowest BCUT2D eigenvalue weighted by Gasteiger charge is -2.08. The number of carbonyl (C=O) groups is 1. The molecule has 0 aliphatic heterocycles. The van der Waals surface area contributed by atoms with Crippen LogP contribution < -0.4 is 5.56 Å². The molecule has 112 valence electrons. The third-order valence-electron chi connectivity index (χ3n) is 3.80. The maximum Gasteiger partial charge on any atom is 0.338 e. The molecule has 1 N–H and O–H groups in total. The summed E-state index contributed by atoms with van der Waals surface area (Å²) in [6.07, 6.45) is 3.28. The Morgan fingerprint density at radius 2 is 1.86 bits per heavy atom. The normalized spacial score (nSPS) is 11.0. The van der Waals surface area contributed by atoms with Crippen LogP contribution in [0.5, 0.6) is 0 Å². The minimum absolute atomic E-state index is 0.0511. The van der Waals surface area contributed by atoms with Crippen LogP contribution in [-0.2, 0) is 13.6 Å². The first kappa shape index (κ1) is 14.1. The number of pyridine rings is 1. The molecule has 2 heterocycles. The Hall–Kier alpha value is -2.82. The SMILES string of the molecule is Cc1cn(C)c(=O)c2c(C(=O)O)cn(Cc3ccccc3)c12. The van der Waals surface area contributed by atoms with Gasteiger partial charge in [0.2, 0.25) is 0 Å². The highest BCUT2D eigenvalue weighted by Crippen LogP contribution is 2.22. The Balaban J connectivity index is 2.30. The molecule has 22 heavy (non-hydrogen) atoms. The molecular formula is C17H16N2O3. The van der Waals surface area contributed by atoms with Crippen molar-refractivity contribution in [2.24, 2.45) is 7.05 Å². The van der Waals surface area contributed by atoms with E-state index in [2.05, 4.69) is 0 Å². The van der Waals surface area contributed by atoms with Gasteiger partial charge in [-0.25, -0.2) is 4.79 Å². The highest BCUT2D eigenvalue weighted by Gasteiger charge is 2.19. The average Bonchev–Trinajstić information content (AvgIpc) is 2.86. The maximum absolute atomic E-state index is 12.4. The van der Waals surface area contributed by atoms with Crippen LogP contribution in [0.2, 0.25) is 0 Å². The first-order valence-corrected chi connectivity index (χ1v) is 6.95. The van der Waals surface area contributed by atoms with Crippen molar-refractivity contribution in [2.75, 3.05) is 0 Å². The van der Waals surface area contributed by atoms with Crippen LogP contribution in [-0.4, -0.2) is 20.2 Å². The summed E-state index contributed by atoms with van der Waals surface area (Å²) in [5.41, 5.74) is 2.38. The number of fused-ring (bicyclic) bond motifs is 1. The molecule has 0 unspecified atom stereocenters. The number of rotatable bonds is 3. The molecule has 1 aromatic carbocycles. The fraction of sp³-hybridized carbons (Fsp3) is 0.176. The first-order valence-electron chi connectivity index (χ1n) is 6.95. The molecule has 0 fully saturated rings. The number of aromatic carboxylic acids is 1. The van der Waals surface area contributed by atoms with Crippen LogP contribution in [0.15, 0.2) is 47.5 Å². The minimum Gasteiger partial charge on any atom is -0.478 e. The number of aryl methyl sites for hydroxylation is 2. The van der Waals surface area contributed by atoms with Crippen LogP contribution in [0.1, 0.15) is 21.5 Å². The zero-order chi connectivity index (χ0) is 15.9. The summed E-state index contributed by atoms with van der Waals surface area (Å²) < 4.78 is 3.27. The number of nitrogens with zero attached hydrogens (tertiary/aromatic N) is 2. The van der Waals surface area contributed by atoms with Gasteiger partial charge in [-0.3, -0.25) is 4.79 Å². The molecule has 0 spiro atoms. The highest BCUT2D eigenvalue weighted by molar-refractivity contribution is 6.03. The van der Waals surface area contributed by atoms with Crippen LogP contribution in [0.4, 0.5) is 0 Å². The Bertz CT molecular complexity index is 920. The van der Waals surface area contributed by atoms with Gasteiger partial charge in [0.05, 0.1) is 16.5 Å². The highest BCUT2D eigenvalue weighted by atomic mass is 16.4. The lowest BCUT2D eigenvalue weighted by molar-refractivity contribution is 0.0698. The van der Waals surface area contributed by atoms with Gasteiger partial charge in [-0.05, 0) is 18.1 Å². The van der Waals surface area contributed by atoms with E-state index < -0.39 is 5.97 Å². The largest absolute Gasteiger partial charge is 0.478 e. The van der Waals surface area contributed by atoms with E-state index in [1.165, 1.54) is 4.57 Å². The second-order valence-corrected chi connectivity index (χ2v) is 5.41. The number of hydrogen-bond acceptors (Lipinski definition) is 2. The number of hydrogen-bond donors (Lipinski definition) is 1. The lowest BCUT2D eigenvalue weighted by atomic mass is 10.1. The molecule has 0 aliphatic carbocycles. The molecule has 5 nitrogen and oxygen atoms in total. The molecule has 0 saturated heterocycles. The van der Waals surface area contributed by atoms with E-state index in [4.69, 9.17) is 0 Å². The number of carboxylic acids is 1. The summed E-state index contributed by atoms with van der Waals surface area (Å²) in [7, 11) is 1.63. The van der Waals surface area contributed by atoms with E-state index in [9.17, 15) is 14.7 Å². The average molecular weight is 296 g/mol. The standard InChI is InChI=1S/C17H16N2O3/c1-11-8-18(2)16(20)14-13(17(21)22)10-19(15(11)14)9-12-6-4-3-5-7-12/h3-8,10H,9H2,1-2H3,(H,21,22). The summed E-state index contributed by atoms with van der Waals surface area (Å²) in [5.74, 6) is -1.08. The third-order valence-corrected chi connectivity index (χ3v) is 3.80. The molecule has 2 aromatic heterocycles. The molecule has 0 bridgehead atoms. The third kappa shape index (κ3) is 2.20. The molecule has 0 saturated carbocycles. The van der Waals surface area contributed by atoms with Gasteiger partial charge in [0.15, 0.2) is 0 Å². The predicted octanol–water partition coefficient (Wildman–Crippen LogP) is 2.39. The van der Waals surface area contributed by atoms with Gasteiger partial charge in [0, 0.05) is 26.0 Å². The van der Waals surface area contributed by atoms with E-state index >= 15 is 0 Å². The van der Waals surface area contributed by atoms with Crippen molar-refractivity contribution in [3.05, 3.63) is 69.8 Å². The van der Waals surface area contributed by atoms with Crippen LogP contribution >= 0.6 is 0 Å². The van der Waals surface area contributed by atoms with Gasteiger partial charge < -0.3 is 14.2 Å². The molecule has 0 atom stereocenters. The van der Waals surface area contributed by atoms with E-state index in [0.717, 1.165) is 11.1 Å². The smallest absolute Gasteiger partial charge is 0.338 e. The number of benzene rings is 1. The van der Waals surface area contributed by atoms with Crippen molar-refractivity contribution in [1.82, 2.24) is 9.13 Å². The van der Waals surface area contributed by atoms with Crippen molar-refractivity contribution in [3.63, 3.8) is 0 Å². The zero-order valence-electron chi connectivity index (χ0n) is 12.4. The molecule has 0 radical (unpaired) electrons. The number of carboxylic acid groups (broad SMARTS) is 1. The van der Waals surface area contributed by atoms with Crippen LogP contribution in [0.3, 0.4) is 0 Å². The van der Waals surface area contributed by atoms with Gasteiger partial charge in [-0.2, -0.15) is 0 Å². The van der Waals surface area contributed by atoms with Crippen molar-refractivity contribution in [2.45, 2.75) is 13.5 Å². The van der Waals surface area contributed by atoms with Gasteiger partial charge in [-0.15, -0.1) is 0 Å². The maximum atomic E-state index is 12.4. The molecule has 3 aromatic rings. The van der Waals surface area contributed by atoms with Gasteiger partial charge >= 0.3 is 5.97 Å². The monoisotopic (exact) mass is 296 g/mol. The van der Waals surface area contributed by atoms with Crippen molar-refractivity contribution < 1.29 is 9.90 Å². The van der Waals surface area contributed by atoms with Crippen molar-refractivity contribution in [1.29, 1.82) is 0 Å². The summed E-state index contributed by atoms with van der Waals surface area (Å²) >= 11 is 0. The predicted molar refractivity (Wildman–Crippen MR) is 84.4 cm³/mol. The molecule has 0 amide bonds. The summed E-state index contributed by atoms with van der Waals surface area (Å²) in [4.78, 5) is 23.9. The van der Waals surface area contributed by atoms with E-state index in [-0.39, 0.29) is 16.5 Å². The van der Waals surface area contributed by atoms with E-state index in [1.54, 1.807) is 19.4 Å². The number of aromatic nitrogens is 2. The molecule has 0 aliphatic rings. The second-order valence-electron chi connectivity index (χ2n) is 5.41. The summed E-state index contributed by atoms with van der Waals surface area (Å²) in [6.45, 7) is 2.41. The van der Waals surface area contributed by atoms with E-state index in [1.807, 2.05) is 41.8 Å². The van der Waals surface area contributed by atoms with Crippen molar-refractivity contribution in [3.8, 4) is 0 Å². The van der Waals surface area contributed by atoms with Crippen LogP contribution in [0, 0.1) is 6.92 Å². The zero-order valence-corrected chi connectivity index (χ0v) is 12.4. The Morgan fingerprint density at radius 3 is 2.50 bits per heavy atom. The fourth-order valence-corrected chi connectivity index (χ4v) is 2.85. The fourth-order valence-electron chi connectivity index (χ4n) is 2.85. The topological polar surface area (TPSA) is 64.2 Å². The summed E-state index contributed by atoms with van der Waals surface area (Å²) in [6, 6.07) is 9.75. The van der Waals surface area contributed by atoms with Crippen LogP contribution in [0.25, 0.3) is 10.9 Å². The van der Waals surface area contributed by atoms with E-state index in [0.29, 0.717) is 12.1 Å². The first-order chi connectivity index (χ1) is 10.5. The summed E-state index contributed by atoms with van der Waals surface area (Å²) in [5, 5.41) is 9.68. The van der Waals surface area contributed by atoms with Gasteiger partial charge in [-0.1, -0.05) is 30.3 Å². The Kier molecular flexibility index (Phi) is 3.33.